The van der Waals surface area contributed by atoms with Gasteiger partial charge in [0.15, 0.2) is 6.61 Å². The highest BCUT2D eigenvalue weighted by atomic mass is 16.5. The Morgan fingerprint density at radius 1 is 0.806 bits per heavy atom. The Morgan fingerprint density at radius 2 is 1.44 bits per heavy atom. The third-order valence-electron chi connectivity index (χ3n) is 5.32. The van der Waals surface area contributed by atoms with Gasteiger partial charge in [0.2, 0.25) is 0 Å². The highest BCUT2D eigenvalue weighted by Crippen LogP contribution is 2.26. The number of nitrogens with one attached hydrogen (secondary N) is 2. The second kappa shape index (κ2) is 11.0. The Hall–Kier alpha value is -4.92. The van der Waals surface area contributed by atoms with Gasteiger partial charge in [0, 0.05) is 16.5 Å². The quantitative estimate of drug-likeness (QED) is 0.304. The van der Waals surface area contributed by atoms with Gasteiger partial charge < -0.3 is 14.2 Å². The third kappa shape index (κ3) is 5.58. The summed E-state index contributed by atoms with van der Waals surface area (Å²) in [4.78, 5) is 41.9. The van der Waals surface area contributed by atoms with E-state index in [0.29, 0.717) is 33.7 Å². The van der Waals surface area contributed by atoms with Gasteiger partial charge in [-0.05, 0) is 60.7 Å². The zero-order chi connectivity index (χ0) is 25.5. The number of ether oxygens (including phenoxy) is 3. The number of benzene rings is 3. The van der Waals surface area contributed by atoms with Crippen LogP contribution in [0.5, 0.6) is 11.5 Å². The minimum Gasteiger partial charge on any atom is -0.497 e. The molecule has 4 rings (SSSR count). The molecule has 4 aromatic rings. The van der Waals surface area contributed by atoms with Crippen molar-refractivity contribution in [1.82, 2.24) is 15.8 Å². The summed E-state index contributed by atoms with van der Waals surface area (Å²) < 4.78 is 15.5. The van der Waals surface area contributed by atoms with Crippen LogP contribution in [-0.4, -0.2) is 43.6 Å². The van der Waals surface area contributed by atoms with Crippen LogP contribution in [0.4, 0.5) is 0 Å². The van der Waals surface area contributed by atoms with Crippen LogP contribution in [0.15, 0.2) is 78.9 Å². The van der Waals surface area contributed by atoms with Crippen molar-refractivity contribution >= 4 is 28.7 Å². The summed E-state index contributed by atoms with van der Waals surface area (Å²) in [5.74, 6) is -0.619. The average molecular weight is 485 g/mol. The van der Waals surface area contributed by atoms with E-state index in [9.17, 15) is 14.4 Å². The molecule has 0 unspecified atom stereocenters. The van der Waals surface area contributed by atoms with Gasteiger partial charge in [0.05, 0.1) is 31.0 Å². The number of esters is 1. The van der Waals surface area contributed by atoms with E-state index in [-0.39, 0.29) is 5.56 Å². The maximum atomic E-state index is 12.9. The maximum absolute atomic E-state index is 12.9. The lowest BCUT2D eigenvalue weighted by atomic mass is 10.0. The summed E-state index contributed by atoms with van der Waals surface area (Å²) in [6.45, 7) is -0.587. The Morgan fingerprint density at radius 3 is 2.11 bits per heavy atom. The summed E-state index contributed by atoms with van der Waals surface area (Å²) in [7, 11) is 3.10. The van der Waals surface area contributed by atoms with Crippen molar-refractivity contribution in [2.45, 2.75) is 0 Å². The van der Waals surface area contributed by atoms with E-state index >= 15 is 0 Å². The first-order valence-corrected chi connectivity index (χ1v) is 10.9. The van der Waals surface area contributed by atoms with E-state index in [1.165, 1.54) is 7.11 Å². The van der Waals surface area contributed by atoms with E-state index in [2.05, 4.69) is 15.8 Å². The molecule has 3 aromatic carbocycles. The molecule has 0 saturated carbocycles. The summed E-state index contributed by atoms with van der Waals surface area (Å²) in [5, 5.41) is 0.591. The lowest BCUT2D eigenvalue weighted by Crippen LogP contribution is -2.43. The number of pyridine rings is 1. The van der Waals surface area contributed by atoms with Crippen molar-refractivity contribution in [3.05, 3.63) is 90.0 Å². The summed E-state index contributed by atoms with van der Waals surface area (Å²) >= 11 is 0. The molecule has 36 heavy (non-hydrogen) atoms. The number of amides is 2. The lowest BCUT2D eigenvalue weighted by Gasteiger charge is -2.11. The number of hydrazine groups is 1. The lowest BCUT2D eigenvalue weighted by molar-refractivity contribution is -0.125. The van der Waals surface area contributed by atoms with Gasteiger partial charge in [-0.3, -0.25) is 20.4 Å². The van der Waals surface area contributed by atoms with Gasteiger partial charge in [-0.25, -0.2) is 9.78 Å². The second-order valence-corrected chi connectivity index (χ2v) is 7.61. The van der Waals surface area contributed by atoms with E-state index in [1.807, 2.05) is 18.2 Å². The summed E-state index contributed by atoms with van der Waals surface area (Å²) in [5.41, 5.74) is 7.06. The number of hydrogen-bond donors (Lipinski definition) is 2. The number of carbonyl (C=O) groups excluding carboxylic acids is 3. The molecule has 0 fully saturated rings. The highest BCUT2D eigenvalue weighted by Gasteiger charge is 2.17. The average Bonchev–Trinajstić information content (AvgIpc) is 2.94. The molecule has 182 valence electrons. The number of fused-ring (bicyclic) bond motifs is 1. The molecule has 2 N–H and O–H groups in total. The Balaban J connectivity index is 1.43. The van der Waals surface area contributed by atoms with Crippen molar-refractivity contribution in [1.29, 1.82) is 0 Å². The van der Waals surface area contributed by atoms with Gasteiger partial charge in [0.25, 0.3) is 11.8 Å². The molecule has 9 nitrogen and oxygen atoms in total. The minimum atomic E-state index is -0.695. The molecule has 1 heterocycles. The molecule has 0 atom stereocenters. The van der Waals surface area contributed by atoms with Crippen LogP contribution in [0.2, 0.25) is 0 Å². The largest absolute Gasteiger partial charge is 0.497 e. The molecule has 0 radical (unpaired) electrons. The van der Waals surface area contributed by atoms with Crippen molar-refractivity contribution < 1.29 is 28.6 Å². The molecule has 0 bridgehead atoms. The maximum Gasteiger partial charge on any atom is 0.339 e. The molecular weight excluding hydrogens is 462 g/mol. The van der Waals surface area contributed by atoms with Crippen molar-refractivity contribution in [2.75, 3.05) is 20.8 Å². The van der Waals surface area contributed by atoms with Crippen molar-refractivity contribution in [3.63, 3.8) is 0 Å². The van der Waals surface area contributed by atoms with Crippen LogP contribution < -0.4 is 20.3 Å². The number of nitrogens with zero attached hydrogens (tertiary/aromatic N) is 1. The zero-order valence-corrected chi connectivity index (χ0v) is 19.6. The number of hydrogen-bond acceptors (Lipinski definition) is 7. The summed E-state index contributed by atoms with van der Waals surface area (Å²) in [6.07, 6.45) is 0. The monoisotopic (exact) mass is 485 g/mol. The first kappa shape index (κ1) is 24.2. The third-order valence-corrected chi connectivity index (χ3v) is 5.32. The van der Waals surface area contributed by atoms with Gasteiger partial charge in [-0.1, -0.05) is 18.2 Å². The molecule has 0 aliphatic rings. The Labute approximate surface area is 207 Å². The van der Waals surface area contributed by atoms with E-state index in [0.717, 1.165) is 5.56 Å². The number of aromatic nitrogens is 1. The Bertz CT molecular complexity index is 1400. The van der Waals surface area contributed by atoms with Crippen molar-refractivity contribution in [2.24, 2.45) is 0 Å². The van der Waals surface area contributed by atoms with Crippen LogP contribution in [0.1, 0.15) is 20.7 Å². The molecular formula is C27H23N3O6. The molecule has 0 saturated heterocycles. The smallest absolute Gasteiger partial charge is 0.339 e. The Kier molecular flexibility index (Phi) is 7.40. The standard InChI is InChI=1S/C27H23N3O6/c1-34-19-11-7-17(8-12-19)24-15-22(21-5-3-4-6-23(21)28-24)27(33)36-16-25(31)29-30-26(32)18-9-13-20(35-2)14-10-18/h3-15H,16H2,1-2H3,(H,29,31)(H,30,32). The predicted octanol–water partition coefficient (Wildman–Crippen LogP) is 3.54. The van der Waals surface area contributed by atoms with Crippen LogP contribution in [0.25, 0.3) is 22.2 Å². The zero-order valence-electron chi connectivity index (χ0n) is 19.6. The highest BCUT2D eigenvalue weighted by molar-refractivity contribution is 6.05. The topological polar surface area (TPSA) is 116 Å². The first-order valence-electron chi connectivity index (χ1n) is 10.9. The van der Waals surface area contributed by atoms with Crippen LogP contribution >= 0.6 is 0 Å². The molecule has 0 spiro atoms. The van der Waals surface area contributed by atoms with Gasteiger partial charge in [0.1, 0.15) is 11.5 Å². The number of methoxy groups -OCH3 is 2. The fraction of sp³-hybridized carbons (Fsp3) is 0.111. The summed E-state index contributed by atoms with van der Waals surface area (Å²) in [6, 6.07) is 22.4. The van der Waals surface area contributed by atoms with Gasteiger partial charge >= 0.3 is 5.97 Å². The fourth-order valence-electron chi connectivity index (χ4n) is 3.44. The minimum absolute atomic E-state index is 0.265. The molecule has 9 heteroatoms. The second-order valence-electron chi connectivity index (χ2n) is 7.61. The molecule has 0 aliphatic carbocycles. The fourth-order valence-corrected chi connectivity index (χ4v) is 3.44. The van der Waals surface area contributed by atoms with E-state index < -0.39 is 24.4 Å². The number of rotatable bonds is 7. The van der Waals surface area contributed by atoms with Crippen LogP contribution in [-0.2, 0) is 9.53 Å². The molecule has 0 aliphatic heterocycles. The van der Waals surface area contributed by atoms with Gasteiger partial charge in [-0.15, -0.1) is 0 Å². The SMILES string of the molecule is COc1ccc(C(=O)NNC(=O)COC(=O)c2cc(-c3ccc(OC)cc3)nc3ccccc23)cc1. The van der Waals surface area contributed by atoms with Crippen LogP contribution in [0.3, 0.4) is 0 Å². The number of carbonyl (C=O) groups is 3. The number of para-hydroxylation sites is 1. The van der Waals surface area contributed by atoms with Crippen LogP contribution in [0, 0.1) is 0 Å². The van der Waals surface area contributed by atoms with E-state index in [1.54, 1.807) is 67.8 Å². The molecule has 1 aromatic heterocycles. The van der Waals surface area contributed by atoms with Crippen molar-refractivity contribution in [3.8, 4) is 22.8 Å². The molecule has 2 amide bonds. The first-order chi connectivity index (χ1) is 17.5. The van der Waals surface area contributed by atoms with E-state index in [4.69, 9.17) is 14.2 Å². The van der Waals surface area contributed by atoms with Gasteiger partial charge in [-0.2, -0.15) is 0 Å². The predicted molar refractivity (Wildman–Crippen MR) is 133 cm³/mol. The normalized spacial score (nSPS) is 10.4.